The van der Waals surface area contributed by atoms with Gasteiger partial charge in [0.2, 0.25) is 0 Å². The van der Waals surface area contributed by atoms with Gasteiger partial charge in [-0.05, 0) is 53.4 Å². The minimum Gasteiger partial charge on any atom is -0.317 e. The molecule has 0 bridgehead atoms. The highest BCUT2D eigenvalue weighted by molar-refractivity contribution is 9.10. The number of pyridine rings is 1. The molecule has 0 radical (unpaired) electrons. The van der Waals surface area contributed by atoms with Gasteiger partial charge in [0.1, 0.15) is 11.3 Å². The van der Waals surface area contributed by atoms with E-state index in [1.165, 1.54) is 0 Å². The van der Waals surface area contributed by atoms with Gasteiger partial charge in [-0.3, -0.25) is 9.98 Å². The van der Waals surface area contributed by atoms with Gasteiger partial charge in [-0.2, -0.15) is 0 Å². The van der Waals surface area contributed by atoms with E-state index < -0.39 is 0 Å². The maximum absolute atomic E-state index is 8.56. The van der Waals surface area contributed by atoms with Crippen molar-refractivity contribution in [3.8, 4) is 5.82 Å². The Balaban J connectivity index is 2.29. The van der Waals surface area contributed by atoms with Gasteiger partial charge >= 0.3 is 0 Å². The van der Waals surface area contributed by atoms with Gasteiger partial charge < -0.3 is 4.57 Å². The lowest BCUT2D eigenvalue weighted by atomic mass is 10.2. The molecule has 3 heterocycles. The van der Waals surface area contributed by atoms with E-state index in [2.05, 4.69) is 39.7 Å². The van der Waals surface area contributed by atoms with E-state index in [9.17, 15) is 0 Å². The Morgan fingerprint density at radius 3 is 2.57 bits per heavy atom. The van der Waals surface area contributed by atoms with Crippen LogP contribution in [0.25, 0.3) is 16.9 Å². The third-order valence-corrected chi connectivity index (χ3v) is 4.50. The fourth-order valence-corrected chi connectivity index (χ4v) is 3.07. The first kappa shape index (κ1) is 15.9. The molecule has 0 spiro atoms. The summed E-state index contributed by atoms with van der Waals surface area (Å²) >= 11 is 3.41. The van der Waals surface area contributed by atoms with Crippen LogP contribution in [-0.4, -0.2) is 19.1 Å². The van der Waals surface area contributed by atoms with E-state index in [1.54, 1.807) is 12.5 Å². The van der Waals surface area contributed by atoms with Crippen LogP contribution < -0.4 is 5.49 Å². The van der Waals surface area contributed by atoms with Crippen LogP contribution in [0.3, 0.4) is 0 Å². The molecule has 0 fully saturated rings. The van der Waals surface area contributed by atoms with Gasteiger partial charge in [-0.1, -0.05) is 13.8 Å². The number of rotatable bonds is 3. The number of nitrogens with one attached hydrogen (secondary N) is 1. The van der Waals surface area contributed by atoms with Crippen LogP contribution in [0.1, 0.15) is 25.1 Å². The van der Waals surface area contributed by atoms with Crippen molar-refractivity contribution in [3.63, 3.8) is 0 Å². The molecule has 120 valence electrons. The molecule has 0 unspecified atom stereocenters. The van der Waals surface area contributed by atoms with Gasteiger partial charge in [-0.15, -0.1) is 0 Å². The second kappa shape index (κ2) is 5.92. The topological polar surface area (TPSA) is 59.5 Å². The fraction of sp³-hybridized carbons (Fsp3) is 0.353. The lowest BCUT2D eigenvalue weighted by Crippen LogP contribution is -2.23. The minimum absolute atomic E-state index is 0.472. The van der Waals surface area contributed by atoms with E-state index in [-0.39, 0.29) is 0 Å². The first-order valence-electron chi connectivity index (χ1n) is 7.63. The number of fused-ring (bicyclic) bond motifs is 1. The van der Waals surface area contributed by atoms with Crippen LogP contribution in [0.2, 0.25) is 0 Å². The Morgan fingerprint density at radius 2 is 1.96 bits per heavy atom. The summed E-state index contributed by atoms with van der Waals surface area (Å²) in [6.07, 6.45) is 3.54. The summed E-state index contributed by atoms with van der Waals surface area (Å²) < 4.78 is 4.88. The molecule has 3 aromatic rings. The van der Waals surface area contributed by atoms with Crippen LogP contribution in [0.15, 0.2) is 29.1 Å². The molecular weight excluding hydrogens is 354 g/mol. The number of halogens is 1. The summed E-state index contributed by atoms with van der Waals surface area (Å²) in [6.45, 7) is 9.18. The summed E-state index contributed by atoms with van der Waals surface area (Å²) in [4.78, 5) is 9.11. The number of aromatic nitrogens is 4. The first-order valence-corrected chi connectivity index (χ1v) is 8.43. The molecule has 0 aliphatic carbocycles. The Hall–Kier alpha value is -1.95. The zero-order valence-electron chi connectivity index (χ0n) is 13.8. The van der Waals surface area contributed by atoms with Crippen molar-refractivity contribution in [2.24, 2.45) is 5.92 Å². The monoisotopic (exact) mass is 373 g/mol. The van der Waals surface area contributed by atoms with E-state index in [1.807, 2.05) is 35.1 Å². The van der Waals surface area contributed by atoms with Crippen molar-refractivity contribution in [2.75, 3.05) is 0 Å². The van der Waals surface area contributed by atoms with E-state index in [4.69, 9.17) is 5.41 Å². The number of aryl methyl sites for hydroxylation is 1. The maximum atomic E-state index is 8.56. The standard InChI is InChI=1S/C17H20BrN5/c1-10(2)8-22-9-21-17-15(16(22)19)11(3)12(4)23(17)14-6-5-13(18)7-20-14/h5-7,9-10,19H,8H2,1-4H3. The molecule has 0 amide bonds. The normalized spacial score (nSPS) is 11.6. The number of hydrogen-bond acceptors (Lipinski definition) is 3. The summed E-state index contributed by atoms with van der Waals surface area (Å²) in [5.74, 6) is 1.29. The average molecular weight is 374 g/mol. The lowest BCUT2D eigenvalue weighted by molar-refractivity contribution is 0.501. The molecule has 23 heavy (non-hydrogen) atoms. The summed E-state index contributed by atoms with van der Waals surface area (Å²) in [6, 6.07) is 3.92. The molecule has 0 saturated heterocycles. The van der Waals surface area contributed by atoms with Gasteiger partial charge in [0, 0.05) is 22.9 Å². The van der Waals surface area contributed by atoms with Crippen molar-refractivity contribution in [3.05, 3.63) is 45.9 Å². The highest BCUT2D eigenvalue weighted by Gasteiger charge is 2.17. The van der Waals surface area contributed by atoms with Crippen molar-refractivity contribution in [2.45, 2.75) is 34.2 Å². The summed E-state index contributed by atoms with van der Waals surface area (Å²) in [5, 5.41) is 9.46. The van der Waals surface area contributed by atoms with Crippen molar-refractivity contribution < 1.29 is 0 Å². The average Bonchev–Trinajstić information content (AvgIpc) is 2.75. The van der Waals surface area contributed by atoms with Crippen LogP contribution in [0, 0.1) is 25.2 Å². The van der Waals surface area contributed by atoms with Crippen molar-refractivity contribution in [1.29, 1.82) is 5.41 Å². The third-order valence-electron chi connectivity index (χ3n) is 4.03. The molecule has 5 nitrogen and oxygen atoms in total. The lowest BCUT2D eigenvalue weighted by Gasteiger charge is -2.10. The molecule has 0 aliphatic rings. The summed E-state index contributed by atoms with van der Waals surface area (Å²) in [5.41, 5.74) is 3.46. The minimum atomic E-state index is 0.472. The van der Waals surface area contributed by atoms with Crippen LogP contribution in [0.5, 0.6) is 0 Å². The molecule has 3 aromatic heterocycles. The highest BCUT2D eigenvalue weighted by Crippen LogP contribution is 2.24. The van der Waals surface area contributed by atoms with Gasteiger partial charge in [0.05, 0.1) is 11.7 Å². The highest BCUT2D eigenvalue weighted by atomic mass is 79.9. The molecule has 6 heteroatoms. The second-order valence-electron chi connectivity index (χ2n) is 6.22. The quantitative estimate of drug-likeness (QED) is 0.759. The van der Waals surface area contributed by atoms with E-state index >= 15 is 0 Å². The van der Waals surface area contributed by atoms with Crippen LogP contribution >= 0.6 is 15.9 Å². The molecule has 0 atom stereocenters. The predicted molar refractivity (Wildman–Crippen MR) is 94.7 cm³/mol. The fourth-order valence-electron chi connectivity index (χ4n) is 2.83. The Labute approximate surface area is 143 Å². The first-order chi connectivity index (χ1) is 10.9. The van der Waals surface area contributed by atoms with Crippen LogP contribution in [-0.2, 0) is 6.54 Å². The zero-order valence-corrected chi connectivity index (χ0v) is 15.3. The molecule has 0 aliphatic heterocycles. The van der Waals surface area contributed by atoms with E-state index in [0.29, 0.717) is 11.4 Å². The molecule has 3 rings (SSSR count). The number of nitrogens with zero attached hydrogens (tertiary/aromatic N) is 4. The second-order valence-corrected chi connectivity index (χ2v) is 7.13. The molecule has 0 saturated carbocycles. The number of hydrogen-bond donors (Lipinski definition) is 1. The summed E-state index contributed by atoms with van der Waals surface area (Å²) in [7, 11) is 0. The molecule has 0 aromatic carbocycles. The largest absolute Gasteiger partial charge is 0.317 e. The zero-order chi connectivity index (χ0) is 16.7. The van der Waals surface area contributed by atoms with Crippen molar-refractivity contribution in [1.82, 2.24) is 19.1 Å². The van der Waals surface area contributed by atoms with Gasteiger partial charge in [-0.25, -0.2) is 9.97 Å². The molecule has 1 N–H and O–H groups in total. The Bertz CT molecular complexity index is 919. The van der Waals surface area contributed by atoms with Gasteiger partial charge in [0.15, 0.2) is 5.65 Å². The van der Waals surface area contributed by atoms with Gasteiger partial charge in [0.25, 0.3) is 0 Å². The molecular formula is C17H20BrN5. The van der Waals surface area contributed by atoms with E-state index in [0.717, 1.165) is 39.1 Å². The van der Waals surface area contributed by atoms with Crippen molar-refractivity contribution >= 4 is 27.0 Å². The SMILES string of the molecule is Cc1c(C)n(-c2ccc(Br)cn2)c2ncn(CC(C)C)c(=N)c12. The maximum Gasteiger partial charge on any atom is 0.151 e. The Morgan fingerprint density at radius 1 is 1.22 bits per heavy atom. The predicted octanol–water partition coefficient (Wildman–Crippen LogP) is 3.74. The third kappa shape index (κ3) is 2.72. The van der Waals surface area contributed by atoms with Crippen LogP contribution in [0.4, 0.5) is 0 Å². The smallest absolute Gasteiger partial charge is 0.151 e. The Kier molecular flexibility index (Phi) is 4.10.